The Morgan fingerprint density at radius 1 is 1.15 bits per heavy atom. The second-order valence-electron chi connectivity index (χ2n) is 5.45. The number of benzene rings is 1. The minimum absolute atomic E-state index is 0.484. The number of hydrogen-bond donors (Lipinski definition) is 2. The summed E-state index contributed by atoms with van der Waals surface area (Å²) in [4.78, 5) is 4.43. The fraction of sp³-hybridized carbons (Fsp3) is 0.250. The number of thiocarbonyl (C=S) groups is 1. The molecule has 0 saturated heterocycles. The van der Waals surface area contributed by atoms with E-state index in [0.29, 0.717) is 23.0 Å². The topological polar surface area (TPSA) is 37.0 Å². The van der Waals surface area contributed by atoms with Gasteiger partial charge in [-0.05, 0) is 42.6 Å². The van der Waals surface area contributed by atoms with Crippen LogP contribution in [0.4, 0.5) is 5.69 Å². The average molecular weight is 281 g/mol. The van der Waals surface area contributed by atoms with Gasteiger partial charge in [0, 0.05) is 17.6 Å². The van der Waals surface area contributed by atoms with E-state index in [2.05, 4.69) is 39.9 Å². The second-order valence-corrected chi connectivity index (χ2v) is 5.86. The number of rotatable bonds is 2. The third kappa shape index (κ3) is 1.88. The molecule has 3 aliphatic rings. The Kier molecular flexibility index (Phi) is 2.70. The smallest absolute Gasteiger partial charge is 0.171 e. The minimum atomic E-state index is 0.484. The molecular weight excluding hydrogens is 266 g/mol. The molecule has 100 valence electrons. The van der Waals surface area contributed by atoms with Crippen LogP contribution in [0.15, 0.2) is 48.7 Å². The summed E-state index contributed by atoms with van der Waals surface area (Å²) < 4.78 is 0. The van der Waals surface area contributed by atoms with Gasteiger partial charge in [-0.2, -0.15) is 0 Å². The van der Waals surface area contributed by atoms with E-state index in [4.69, 9.17) is 12.2 Å². The Bertz CT molecular complexity index is 692. The van der Waals surface area contributed by atoms with E-state index in [1.807, 2.05) is 18.2 Å². The van der Waals surface area contributed by atoms with Gasteiger partial charge < -0.3 is 10.6 Å². The molecular formula is C16H15N3S. The van der Waals surface area contributed by atoms with Crippen molar-refractivity contribution in [3.8, 4) is 0 Å². The monoisotopic (exact) mass is 281 g/mol. The van der Waals surface area contributed by atoms with Crippen LogP contribution in [-0.4, -0.2) is 16.1 Å². The van der Waals surface area contributed by atoms with Gasteiger partial charge in [0.1, 0.15) is 0 Å². The first-order valence-corrected chi connectivity index (χ1v) is 7.32. The Hall–Kier alpha value is -1.94. The van der Waals surface area contributed by atoms with Crippen molar-refractivity contribution in [1.82, 2.24) is 10.3 Å². The lowest BCUT2D eigenvalue weighted by Gasteiger charge is -2.37. The van der Waals surface area contributed by atoms with Crippen molar-refractivity contribution in [3.05, 3.63) is 48.7 Å². The minimum Gasteiger partial charge on any atom is -0.359 e. The number of pyridine rings is 1. The summed E-state index contributed by atoms with van der Waals surface area (Å²) in [6.45, 7) is 0. The van der Waals surface area contributed by atoms with E-state index in [0.717, 1.165) is 16.6 Å². The molecule has 5 rings (SSSR count). The van der Waals surface area contributed by atoms with Crippen LogP contribution in [0.25, 0.3) is 10.9 Å². The molecule has 3 nitrogen and oxygen atoms in total. The number of para-hydroxylation sites is 1. The maximum Gasteiger partial charge on any atom is 0.171 e. The highest BCUT2D eigenvalue weighted by Gasteiger charge is 2.42. The van der Waals surface area contributed by atoms with Gasteiger partial charge in [-0.15, -0.1) is 0 Å². The number of fused-ring (bicyclic) bond motifs is 1. The molecule has 1 aromatic heterocycles. The maximum atomic E-state index is 5.43. The summed E-state index contributed by atoms with van der Waals surface area (Å²) in [5.41, 5.74) is 1.91. The van der Waals surface area contributed by atoms with E-state index >= 15 is 0 Å². The van der Waals surface area contributed by atoms with Crippen molar-refractivity contribution in [1.29, 1.82) is 0 Å². The molecule has 1 heterocycles. The summed E-state index contributed by atoms with van der Waals surface area (Å²) in [5.74, 6) is 1.32. The van der Waals surface area contributed by atoms with Crippen molar-refractivity contribution in [2.24, 2.45) is 11.8 Å². The normalized spacial score (nSPS) is 26.3. The van der Waals surface area contributed by atoms with E-state index in [9.17, 15) is 0 Å². The Morgan fingerprint density at radius 2 is 1.95 bits per heavy atom. The summed E-state index contributed by atoms with van der Waals surface area (Å²) >= 11 is 5.43. The van der Waals surface area contributed by atoms with Gasteiger partial charge >= 0.3 is 0 Å². The Morgan fingerprint density at radius 3 is 2.75 bits per heavy atom. The van der Waals surface area contributed by atoms with Gasteiger partial charge in [0.05, 0.1) is 11.2 Å². The summed E-state index contributed by atoms with van der Waals surface area (Å²) in [6.07, 6.45) is 7.67. The Balaban J connectivity index is 1.51. The van der Waals surface area contributed by atoms with Gasteiger partial charge in [-0.3, -0.25) is 4.98 Å². The lowest BCUT2D eigenvalue weighted by atomic mass is 9.77. The first-order chi connectivity index (χ1) is 9.81. The van der Waals surface area contributed by atoms with Gasteiger partial charge in [0.15, 0.2) is 5.11 Å². The average Bonchev–Trinajstić information content (AvgIpc) is 3.09. The van der Waals surface area contributed by atoms with Gasteiger partial charge in [-0.1, -0.05) is 30.4 Å². The molecule has 0 aliphatic heterocycles. The fourth-order valence-corrected chi connectivity index (χ4v) is 3.39. The zero-order valence-electron chi connectivity index (χ0n) is 10.9. The van der Waals surface area contributed by atoms with Crippen molar-refractivity contribution >= 4 is 33.9 Å². The molecule has 0 spiro atoms. The van der Waals surface area contributed by atoms with Crippen LogP contribution in [0.2, 0.25) is 0 Å². The van der Waals surface area contributed by atoms with Crippen molar-refractivity contribution in [2.75, 3.05) is 5.32 Å². The van der Waals surface area contributed by atoms with Crippen LogP contribution in [0.1, 0.15) is 6.42 Å². The summed E-state index contributed by atoms with van der Waals surface area (Å²) in [7, 11) is 0. The Labute approximate surface area is 123 Å². The standard InChI is InChI=1S/C16H15N3S/c20-16(19-14-11-6-7-12(14)9-11)18-13-5-1-3-10-4-2-8-17-15(10)13/h1-8,11-12,14H,9H2,(H2,18,19,20). The molecule has 0 amide bonds. The molecule has 2 aromatic rings. The third-order valence-corrected chi connectivity index (χ3v) is 4.47. The fourth-order valence-electron chi connectivity index (χ4n) is 3.14. The van der Waals surface area contributed by atoms with Crippen LogP contribution in [0.5, 0.6) is 0 Å². The van der Waals surface area contributed by atoms with Gasteiger partial charge in [-0.25, -0.2) is 0 Å². The molecule has 2 unspecified atom stereocenters. The van der Waals surface area contributed by atoms with Gasteiger partial charge in [0.25, 0.3) is 0 Å². The van der Waals surface area contributed by atoms with Crippen LogP contribution in [0.3, 0.4) is 0 Å². The number of anilines is 1. The summed E-state index contributed by atoms with van der Waals surface area (Å²) in [5, 5.41) is 8.51. The second kappa shape index (κ2) is 4.56. The number of nitrogens with zero attached hydrogens (tertiary/aromatic N) is 1. The molecule has 0 radical (unpaired) electrons. The molecule has 2 N–H and O–H groups in total. The summed E-state index contributed by atoms with van der Waals surface area (Å²) in [6, 6.07) is 10.6. The molecule has 1 saturated carbocycles. The first-order valence-electron chi connectivity index (χ1n) is 6.91. The molecule has 2 bridgehead atoms. The first kappa shape index (κ1) is 11.9. The highest BCUT2D eigenvalue weighted by atomic mass is 32.1. The lowest BCUT2D eigenvalue weighted by Crippen LogP contribution is -2.50. The van der Waals surface area contributed by atoms with Crippen LogP contribution >= 0.6 is 12.2 Å². The SMILES string of the molecule is S=C(Nc1cccc2cccnc12)NC1C2C=CC1C2. The molecule has 1 fully saturated rings. The molecule has 2 atom stereocenters. The quantitative estimate of drug-likeness (QED) is 0.655. The zero-order chi connectivity index (χ0) is 13.5. The van der Waals surface area contributed by atoms with Crippen molar-refractivity contribution in [2.45, 2.75) is 12.5 Å². The third-order valence-electron chi connectivity index (χ3n) is 4.25. The van der Waals surface area contributed by atoms with Crippen molar-refractivity contribution < 1.29 is 0 Å². The zero-order valence-corrected chi connectivity index (χ0v) is 11.7. The number of hydrogen-bond acceptors (Lipinski definition) is 2. The molecule has 20 heavy (non-hydrogen) atoms. The largest absolute Gasteiger partial charge is 0.359 e. The molecule has 1 aromatic carbocycles. The van der Waals surface area contributed by atoms with Crippen LogP contribution < -0.4 is 10.6 Å². The molecule has 3 aliphatic carbocycles. The predicted molar refractivity (Wildman–Crippen MR) is 85.6 cm³/mol. The van der Waals surface area contributed by atoms with E-state index in [1.54, 1.807) is 6.20 Å². The highest BCUT2D eigenvalue weighted by molar-refractivity contribution is 7.80. The predicted octanol–water partition coefficient (Wildman–Crippen LogP) is 3.10. The maximum absolute atomic E-state index is 5.43. The number of nitrogens with one attached hydrogen (secondary N) is 2. The van der Waals surface area contributed by atoms with Crippen molar-refractivity contribution in [3.63, 3.8) is 0 Å². The van der Waals surface area contributed by atoms with Crippen LogP contribution in [-0.2, 0) is 0 Å². The highest BCUT2D eigenvalue weighted by Crippen LogP contribution is 2.42. The lowest BCUT2D eigenvalue weighted by molar-refractivity contribution is 0.244. The van der Waals surface area contributed by atoms with E-state index < -0.39 is 0 Å². The number of aromatic nitrogens is 1. The molecule has 4 heteroatoms. The van der Waals surface area contributed by atoms with E-state index in [-0.39, 0.29) is 0 Å². The van der Waals surface area contributed by atoms with Crippen LogP contribution in [0, 0.1) is 11.8 Å². The van der Waals surface area contributed by atoms with E-state index in [1.165, 1.54) is 6.42 Å². The van der Waals surface area contributed by atoms with Gasteiger partial charge in [0.2, 0.25) is 0 Å².